The molecule has 3 aromatic carbocycles. The summed E-state index contributed by atoms with van der Waals surface area (Å²) in [5, 5.41) is 2.50. The van der Waals surface area contributed by atoms with Crippen molar-refractivity contribution in [2.45, 2.75) is 65.2 Å². The first-order valence-corrected chi connectivity index (χ1v) is 18.4. The van der Waals surface area contributed by atoms with Gasteiger partial charge in [-0.15, -0.1) is 22.7 Å². The van der Waals surface area contributed by atoms with Crippen molar-refractivity contribution in [3.63, 3.8) is 0 Å². The van der Waals surface area contributed by atoms with E-state index in [4.69, 9.17) is 18.9 Å². The van der Waals surface area contributed by atoms with E-state index in [1.54, 1.807) is 14.2 Å². The third-order valence-electron chi connectivity index (χ3n) is 7.26. The molecule has 5 aromatic rings. The van der Waals surface area contributed by atoms with Gasteiger partial charge in [-0.05, 0) is 88.9 Å². The number of unbranched alkanes of at least 4 members (excludes halogenated alkanes) is 6. The van der Waals surface area contributed by atoms with E-state index in [-0.39, 0.29) is 0 Å². The van der Waals surface area contributed by atoms with Crippen LogP contribution in [0, 0.1) is 0 Å². The van der Waals surface area contributed by atoms with Crippen LogP contribution in [0.4, 0.5) is 0 Å². The molecule has 2 heterocycles. The highest BCUT2D eigenvalue weighted by Gasteiger charge is 2.24. The van der Waals surface area contributed by atoms with E-state index in [0.717, 1.165) is 49.1 Å². The number of fused-ring (bicyclic) bond motifs is 2. The van der Waals surface area contributed by atoms with E-state index in [2.05, 4.69) is 38.1 Å². The average Bonchev–Trinajstić information content (AvgIpc) is 3.67. The van der Waals surface area contributed by atoms with Gasteiger partial charge in [0.1, 0.15) is 11.5 Å². The first-order valence-electron chi connectivity index (χ1n) is 15.0. The minimum absolute atomic E-state index is 0.740. The zero-order valence-electron chi connectivity index (χ0n) is 25.0. The van der Waals surface area contributed by atoms with Gasteiger partial charge >= 0.3 is 0 Å². The number of rotatable bonds is 16. The molecule has 2 aromatic heterocycles. The molecule has 0 amide bonds. The number of hydrogen-bond donors (Lipinski definition) is 0. The van der Waals surface area contributed by atoms with Gasteiger partial charge < -0.3 is 18.9 Å². The Morgan fingerprint density at radius 3 is 1.31 bits per heavy atom. The summed E-state index contributed by atoms with van der Waals surface area (Å²) in [4.78, 5) is 0. The molecule has 0 radical (unpaired) electrons. The van der Waals surface area contributed by atoms with Gasteiger partial charge in [0.2, 0.25) is 0 Å². The minimum atomic E-state index is 0.740. The van der Waals surface area contributed by atoms with Crippen LogP contribution in [0.25, 0.3) is 40.0 Å². The molecule has 222 valence electrons. The molecule has 0 bridgehead atoms. The highest BCUT2D eigenvalue weighted by atomic mass is 32.1. The average molecular weight is 639 g/mol. The van der Waals surface area contributed by atoms with Crippen LogP contribution < -0.4 is 18.9 Å². The van der Waals surface area contributed by atoms with Crippen molar-refractivity contribution in [2.24, 2.45) is 0 Å². The number of ether oxygens (including phenoxy) is 4. The normalized spacial score (nSPS) is 11.7. The first-order chi connectivity index (χ1) is 20.7. The van der Waals surface area contributed by atoms with Crippen molar-refractivity contribution < 1.29 is 18.9 Å². The Balaban J connectivity index is 1.63. The van der Waals surface area contributed by atoms with Crippen LogP contribution in [0.3, 0.4) is 0 Å². The van der Waals surface area contributed by atoms with E-state index in [0.29, 0.717) is 0 Å². The Bertz CT molecular complexity index is 1400. The highest BCUT2D eigenvalue weighted by molar-refractivity contribution is 7.56. The van der Waals surface area contributed by atoms with Gasteiger partial charge in [0.05, 0.1) is 56.3 Å². The standard InChI is InChI=1S/C34H40O4P2S2/c1-5-7-9-11-21-37-27-29-32(42-33(39-29)23-13-17-25(35-3)18-14-23)28(38-22-12-10-8-6-2)30-31(27)41-34(40-30)24-15-19-26(36-4)20-16-24/h13-20H,5-12,21-22H2,1-4H3. The van der Waals surface area contributed by atoms with Crippen molar-refractivity contribution in [3.05, 3.63) is 48.5 Å². The molecule has 0 N–H and O–H groups in total. The van der Waals surface area contributed by atoms with Crippen molar-refractivity contribution in [2.75, 3.05) is 27.4 Å². The molecule has 42 heavy (non-hydrogen) atoms. The van der Waals surface area contributed by atoms with Crippen LogP contribution in [0.2, 0.25) is 0 Å². The maximum absolute atomic E-state index is 6.72. The fourth-order valence-corrected chi connectivity index (χ4v) is 10.7. The lowest BCUT2D eigenvalue weighted by molar-refractivity contribution is 0.308. The molecule has 8 heteroatoms. The molecule has 0 fully saturated rings. The summed E-state index contributed by atoms with van der Waals surface area (Å²) in [5.41, 5.74) is 2.44. The third-order valence-corrected chi connectivity index (χ3v) is 12.9. The molecule has 0 saturated carbocycles. The molecular formula is C34H40O4P2S2. The van der Waals surface area contributed by atoms with Crippen LogP contribution in [0.1, 0.15) is 65.2 Å². The third kappa shape index (κ3) is 7.22. The zero-order chi connectivity index (χ0) is 29.3. The SMILES string of the molecule is CCCCCCOc1c2pc(-c3ccc(OC)cc3)sc2c(OCCCCCC)c2pc(-c3ccc(OC)cc3)sc12. The molecule has 0 aliphatic heterocycles. The summed E-state index contributed by atoms with van der Waals surface area (Å²) in [6, 6.07) is 16.8. The summed E-state index contributed by atoms with van der Waals surface area (Å²) >= 11 is 3.69. The van der Waals surface area contributed by atoms with Crippen molar-refractivity contribution in [1.29, 1.82) is 0 Å². The number of hydrogen-bond acceptors (Lipinski definition) is 6. The lowest BCUT2D eigenvalue weighted by Crippen LogP contribution is -2.00. The molecule has 0 spiro atoms. The van der Waals surface area contributed by atoms with Crippen molar-refractivity contribution >= 4 is 58.7 Å². The van der Waals surface area contributed by atoms with Gasteiger partial charge in [-0.25, -0.2) is 0 Å². The predicted molar refractivity (Wildman–Crippen MR) is 185 cm³/mol. The lowest BCUT2D eigenvalue weighted by atomic mass is 10.2. The van der Waals surface area contributed by atoms with Crippen LogP contribution in [0.5, 0.6) is 23.0 Å². The summed E-state index contributed by atoms with van der Waals surface area (Å²) in [5.74, 6) is 3.85. The van der Waals surface area contributed by atoms with Gasteiger partial charge in [0.25, 0.3) is 0 Å². The largest absolute Gasteiger partial charge is 0.497 e. The fourth-order valence-electron chi connectivity index (χ4n) is 4.86. The summed E-state index contributed by atoms with van der Waals surface area (Å²) in [6.07, 6.45) is 9.48. The molecule has 0 unspecified atom stereocenters. The van der Waals surface area contributed by atoms with E-state index in [1.807, 2.05) is 46.9 Å². The van der Waals surface area contributed by atoms with Gasteiger partial charge in [0, 0.05) is 0 Å². The van der Waals surface area contributed by atoms with Crippen molar-refractivity contribution in [3.8, 4) is 43.3 Å². The van der Waals surface area contributed by atoms with Crippen LogP contribution in [0.15, 0.2) is 48.5 Å². The number of methoxy groups -OCH3 is 2. The summed E-state index contributed by atoms with van der Waals surface area (Å²) in [6.45, 7) is 5.98. The summed E-state index contributed by atoms with van der Waals surface area (Å²) < 4.78 is 29.4. The Morgan fingerprint density at radius 1 is 0.548 bits per heavy atom. The Morgan fingerprint density at radius 2 is 0.952 bits per heavy atom. The van der Waals surface area contributed by atoms with E-state index in [9.17, 15) is 0 Å². The topological polar surface area (TPSA) is 36.9 Å². The molecular weight excluding hydrogens is 598 g/mol. The summed E-state index contributed by atoms with van der Waals surface area (Å²) in [7, 11) is 5.77. The molecule has 0 aliphatic carbocycles. The molecule has 0 aliphatic rings. The second kappa shape index (κ2) is 15.4. The number of benzene rings is 3. The Hall–Kier alpha value is -2.36. The van der Waals surface area contributed by atoms with E-state index >= 15 is 0 Å². The van der Waals surface area contributed by atoms with Crippen molar-refractivity contribution in [1.82, 2.24) is 0 Å². The zero-order valence-corrected chi connectivity index (χ0v) is 28.5. The lowest BCUT2D eigenvalue weighted by Gasteiger charge is -2.13. The maximum atomic E-state index is 6.72. The monoisotopic (exact) mass is 638 g/mol. The van der Waals surface area contributed by atoms with E-state index < -0.39 is 0 Å². The van der Waals surface area contributed by atoms with Gasteiger partial charge in [0.15, 0.2) is 11.5 Å². The molecule has 5 rings (SSSR count). The molecule has 4 nitrogen and oxygen atoms in total. The second-order valence-corrected chi connectivity index (χ2v) is 15.2. The van der Waals surface area contributed by atoms with Gasteiger partial charge in [-0.1, -0.05) is 52.4 Å². The maximum Gasteiger partial charge on any atom is 0.151 e. The molecule has 0 atom stereocenters. The van der Waals surface area contributed by atoms with E-state index in [1.165, 1.54) is 94.9 Å². The fraction of sp³-hybridized carbons (Fsp3) is 0.412. The van der Waals surface area contributed by atoms with Crippen LogP contribution in [-0.2, 0) is 0 Å². The Labute approximate surface area is 261 Å². The van der Waals surface area contributed by atoms with Gasteiger partial charge in [-0.3, -0.25) is 0 Å². The Kier molecular flexibility index (Phi) is 11.4. The smallest absolute Gasteiger partial charge is 0.151 e. The first kappa shape index (κ1) is 31.1. The highest BCUT2D eigenvalue weighted by Crippen LogP contribution is 2.59. The van der Waals surface area contributed by atoms with Crippen LogP contribution >= 0.6 is 39.1 Å². The van der Waals surface area contributed by atoms with Gasteiger partial charge in [-0.2, -0.15) is 0 Å². The molecule has 0 saturated heterocycles. The van der Waals surface area contributed by atoms with Crippen LogP contribution in [-0.4, -0.2) is 27.4 Å². The minimum Gasteiger partial charge on any atom is -0.497 e. The second-order valence-electron chi connectivity index (χ2n) is 10.3. The quantitative estimate of drug-likeness (QED) is 0.101. The predicted octanol–water partition coefficient (Wildman–Crippen LogP) is 12.5.